The van der Waals surface area contributed by atoms with Crippen LogP contribution in [0.2, 0.25) is 0 Å². The third-order valence-corrected chi connectivity index (χ3v) is 2.31. The van der Waals surface area contributed by atoms with Crippen LogP contribution in [0.3, 0.4) is 0 Å². The lowest BCUT2D eigenvalue weighted by Crippen LogP contribution is -2.47. The molecule has 0 spiro atoms. The second-order valence-electron chi connectivity index (χ2n) is 3.76. The molecule has 0 saturated carbocycles. The summed E-state index contributed by atoms with van der Waals surface area (Å²) >= 11 is 0. The smallest absolute Gasteiger partial charge is 0.328 e. The number of amides is 2. The number of hydrogen-bond donors (Lipinski definition) is 3. The Bertz CT molecular complexity index is 378. The molecular weight excluding hydrogens is 236 g/mol. The number of carbonyl (C=O) groups is 2. The van der Waals surface area contributed by atoms with Crippen LogP contribution in [0.5, 0.6) is 0 Å². The van der Waals surface area contributed by atoms with Crippen molar-refractivity contribution in [3.05, 3.63) is 18.2 Å². The van der Waals surface area contributed by atoms with E-state index in [0.29, 0.717) is 13.0 Å². The van der Waals surface area contributed by atoms with E-state index in [1.807, 2.05) is 6.92 Å². The van der Waals surface area contributed by atoms with Gasteiger partial charge in [-0.25, -0.2) is 14.6 Å². The van der Waals surface area contributed by atoms with E-state index in [-0.39, 0.29) is 6.03 Å². The van der Waals surface area contributed by atoms with Crippen LogP contribution in [0.4, 0.5) is 4.79 Å². The van der Waals surface area contributed by atoms with Gasteiger partial charge in [-0.05, 0) is 6.42 Å². The average Bonchev–Trinajstić information content (AvgIpc) is 2.87. The molecule has 0 bridgehead atoms. The number of esters is 1. The van der Waals surface area contributed by atoms with Gasteiger partial charge in [0, 0.05) is 24.9 Å². The molecule has 0 aliphatic carbocycles. The van der Waals surface area contributed by atoms with Crippen molar-refractivity contribution in [1.29, 1.82) is 0 Å². The molecule has 1 aromatic rings. The van der Waals surface area contributed by atoms with E-state index in [0.717, 1.165) is 12.1 Å². The number of aromatic nitrogens is 2. The summed E-state index contributed by atoms with van der Waals surface area (Å²) in [4.78, 5) is 29.8. The number of nitrogens with one attached hydrogen (secondary N) is 3. The fourth-order valence-electron chi connectivity index (χ4n) is 1.40. The highest BCUT2D eigenvalue weighted by Crippen LogP contribution is 2.00. The summed E-state index contributed by atoms with van der Waals surface area (Å²) < 4.78 is 4.65. The van der Waals surface area contributed by atoms with Crippen molar-refractivity contribution in [2.75, 3.05) is 13.7 Å². The minimum Gasteiger partial charge on any atom is -0.467 e. The lowest BCUT2D eigenvalue weighted by molar-refractivity contribution is -0.142. The topological polar surface area (TPSA) is 96.1 Å². The number of imidazole rings is 1. The number of rotatable bonds is 6. The molecule has 0 aromatic carbocycles. The minimum atomic E-state index is -0.729. The van der Waals surface area contributed by atoms with E-state index in [9.17, 15) is 9.59 Å². The Morgan fingerprint density at radius 1 is 1.56 bits per heavy atom. The lowest BCUT2D eigenvalue weighted by atomic mass is 10.1. The van der Waals surface area contributed by atoms with Crippen molar-refractivity contribution in [3.63, 3.8) is 0 Å². The summed E-state index contributed by atoms with van der Waals surface area (Å²) in [6.45, 7) is 2.51. The number of aromatic amines is 1. The molecule has 7 nitrogen and oxygen atoms in total. The zero-order valence-corrected chi connectivity index (χ0v) is 10.5. The fourth-order valence-corrected chi connectivity index (χ4v) is 1.40. The molecule has 1 heterocycles. The highest BCUT2D eigenvalue weighted by atomic mass is 16.5. The average molecular weight is 254 g/mol. The van der Waals surface area contributed by atoms with Gasteiger partial charge < -0.3 is 20.4 Å². The second kappa shape index (κ2) is 7.31. The first-order valence-electron chi connectivity index (χ1n) is 5.76. The molecule has 7 heteroatoms. The maximum absolute atomic E-state index is 11.5. The van der Waals surface area contributed by atoms with Gasteiger partial charge in [0.15, 0.2) is 0 Å². The zero-order chi connectivity index (χ0) is 13.4. The maximum Gasteiger partial charge on any atom is 0.328 e. The van der Waals surface area contributed by atoms with Crippen LogP contribution in [0, 0.1) is 0 Å². The number of nitrogens with zero attached hydrogens (tertiary/aromatic N) is 1. The highest BCUT2D eigenvalue weighted by molar-refractivity contribution is 5.83. The Labute approximate surface area is 105 Å². The standard InChI is InChI=1S/C11H18N4O3/c1-3-4-13-11(17)15-9(10(16)18-2)5-8-6-12-7-14-8/h6-7,9H,3-5H2,1-2H3,(H,12,14)(H2,13,15,17)/t9-/m0/s1. The normalized spacial score (nSPS) is 11.7. The first-order valence-corrected chi connectivity index (χ1v) is 5.76. The van der Waals surface area contributed by atoms with Crippen molar-refractivity contribution >= 4 is 12.0 Å². The molecule has 0 unspecified atom stereocenters. The van der Waals surface area contributed by atoms with Gasteiger partial charge in [0.25, 0.3) is 0 Å². The van der Waals surface area contributed by atoms with Crippen molar-refractivity contribution < 1.29 is 14.3 Å². The van der Waals surface area contributed by atoms with E-state index >= 15 is 0 Å². The number of H-pyrrole nitrogens is 1. The van der Waals surface area contributed by atoms with Crippen LogP contribution >= 0.6 is 0 Å². The summed E-state index contributed by atoms with van der Waals surface area (Å²) in [7, 11) is 1.29. The molecule has 0 aliphatic rings. The van der Waals surface area contributed by atoms with Gasteiger partial charge in [-0.1, -0.05) is 6.92 Å². The molecule has 0 radical (unpaired) electrons. The molecule has 1 aromatic heterocycles. The van der Waals surface area contributed by atoms with E-state index < -0.39 is 12.0 Å². The SMILES string of the molecule is CCCNC(=O)N[C@@H](Cc1cnc[nH]1)C(=O)OC. The molecule has 0 aliphatic heterocycles. The number of ether oxygens (including phenoxy) is 1. The molecular formula is C11H18N4O3. The molecule has 0 saturated heterocycles. The van der Waals surface area contributed by atoms with Gasteiger partial charge in [0.1, 0.15) is 6.04 Å². The predicted molar refractivity (Wildman–Crippen MR) is 64.9 cm³/mol. The van der Waals surface area contributed by atoms with Gasteiger partial charge in [-0.3, -0.25) is 0 Å². The van der Waals surface area contributed by atoms with Crippen LogP contribution < -0.4 is 10.6 Å². The van der Waals surface area contributed by atoms with Crippen LogP contribution in [0.1, 0.15) is 19.0 Å². The van der Waals surface area contributed by atoms with Crippen LogP contribution in [0.25, 0.3) is 0 Å². The number of hydrogen-bond acceptors (Lipinski definition) is 4. The second-order valence-corrected chi connectivity index (χ2v) is 3.76. The number of carbonyl (C=O) groups excluding carboxylic acids is 2. The third kappa shape index (κ3) is 4.44. The third-order valence-electron chi connectivity index (χ3n) is 2.31. The van der Waals surface area contributed by atoms with Gasteiger partial charge in [-0.2, -0.15) is 0 Å². The Hall–Kier alpha value is -2.05. The van der Waals surface area contributed by atoms with Gasteiger partial charge in [0.05, 0.1) is 13.4 Å². The van der Waals surface area contributed by atoms with E-state index in [1.54, 1.807) is 6.20 Å². The lowest BCUT2D eigenvalue weighted by Gasteiger charge is -2.16. The van der Waals surface area contributed by atoms with Gasteiger partial charge in [0.2, 0.25) is 0 Å². The molecule has 18 heavy (non-hydrogen) atoms. The van der Waals surface area contributed by atoms with Crippen molar-refractivity contribution in [2.45, 2.75) is 25.8 Å². The Kier molecular flexibility index (Phi) is 5.69. The number of methoxy groups -OCH3 is 1. The van der Waals surface area contributed by atoms with E-state index in [2.05, 4.69) is 25.3 Å². The largest absolute Gasteiger partial charge is 0.467 e. The van der Waals surface area contributed by atoms with Gasteiger partial charge >= 0.3 is 12.0 Å². The van der Waals surface area contributed by atoms with Crippen molar-refractivity contribution in [1.82, 2.24) is 20.6 Å². The Balaban J connectivity index is 2.55. The summed E-state index contributed by atoms with van der Waals surface area (Å²) in [5.74, 6) is -0.490. The van der Waals surface area contributed by atoms with Crippen LogP contribution in [-0.2, 0) is 16.0 Å². The first-order chi connectivity index (χ1) is 8.67. The summed E-state index contributed by atoms with van der Waals surface area (Å²) in [5, 5.41) is 5.21. The summed E-state index contributed by atoms with van der Waals surface area (Å²) in [6, 6.07) is -1.11. The maximum atomic E-state index is 11.5. The monoisotopic (exact) mass is 254 g/mol. The van der Waals surface area contributed by atoms with Gasteiger partial charge in [-0.15, -0.1) is 0 Å². The zero-order valence-electron chi connectivity index (χ0n) is 10.5. The number of urea groups is 1. The van der Waals surface area contributed by atoms with Crippen molar-refractivity contribution in [2.24, 2.45) is 0 Å². The van der Waals surface area contributed by atoms with E-state index in [1.165, 1.54) is 13.4 Å². The molecule has 1 atom stereocenters. The molecule has 0 fully saturated rings. The highest BCUT2D eigenvalue weighted by Gasteiger charge is 2.22. The molecule has 100 valence electrons. The first kappa shape index (κ1) is 14.0. The van der Waals surface area contributed by atoms with Crippen LogP contribution in [0.15, 0.2) is 12.5 Å². The minimum absolute atomic E-state index is 0.312. The Morgan fingerprint density at radius 3 is 2.89 bits per heavy atom. The summed E-state index contributed by atoms with van der Waals surface area (Å²) in [5.41, 5.74) is 0.751. The molecule has 3 N–H and O–H groups in total. The molecule has 2 amide bonds. The Morgan fingerprint density at radius 2 is 2.33 bits per heavy atom. The fraction of sp³-hybridized carbons (Fsp3) is 0.545. The van der Waals surface area contributed by atoms with Crippen LogP contribution in [-0.4, -0.2) is 41.7 Å². The summed E-state index contributed by atoms with van der Waals surface area (Å²) in [6.07, 6.45) is 4.26. The predicted octanol–water partition coefficient (Wildman–Crippen LogP) is 0.203. The van der Waals surface area contributed by atoms with Crippen molar-refractivity contribution in [3.8, 4) is 0 Å². The quantitative estimate of drug-likeness (QED) is 0.632. The van der Waals surface area contributed by atoms with E-state index in [4.69, 9.17) is 0 Å². The molecule has 1 rings (SSSR count).